The first-order chi connectivity index (χ1) is 19.3. The van der Waals surface area contributed by atoms with Gasteiger partial charge < -0.3 is 9.13 Å². The number of hydrogen-bond acceptors (Lipinski definition) is 5. The van der Waals surface area contributed by atoms with E-state index in [2.05, 4.69) is 14.5 Å². The van der Waals surface area contributed by atoms with Crippen molar-refractivity contribution >= 4 is 65.5 Å². The van der Waals surface area contributed by atoms with Gasteiger partial charge >= 0.3 is 0 Å². The molecule has 0 spiro atoms. The van der Waals surface area contributed by atoms with Crippen LogP contribution >= 0.6 is 0 Å². The minimum atomic E-state index is -3.89. The van der Waals surface area contributed by atoms with E-state index >= 15 is 0 Å². The number of aryl methyl sites for hydroxylation is 3. The lowest BCUT2D eigenvalue weighted by atomic mass is 9.96. The van der Waals surface area contributed by atoms with E-state index in [0.29, 0.717) is 24.1 Å². The number of imide groups is 1. The Morgan fingerprint density at radius 1 is 0.775 bits per heavy atom. The number of carbonyl (C=O) groups excluding carboxylic acids is 2. The monoisotopic (exact) mass is 551 g/mol. The normalized spacial score (nSPS) is 13.7. The maximum absolute atomic E-state index is 13.2. The number of carbonyl (C=O) groups is 2. The van der Waals surface area contributed by atoms with Crippen molar-refractivity contribution in [3.63, 3.8) is 0 Å². The first kappa shape index (κ1) is 24.6. The highest BCUT2D eigenvalue weighted by molar-refractivity contribution is 7.86. The third-order valence-corrected chi connectivity index (χ3v) is 9.13. The highest BCUT2D eigenvalue weighted by Gasteiger charge is 2.36. The van der Waals surface area contributed by atoms with Gasteiger partial charge in [0, 0.05) is 46.2 Å². The number of nitrogens with zero attached hydrogens (tertiary/aromatic N) is 2. The molecule has 0 bridgehead atoms. The molecule has 2 aromatic heterocycles. The summed E-state index contributed by atoms with van der Waals surface area (Å²) in [5.41, 5.74) is 5.28. The van der Waals surface area contributed by atoms with E-state index in [1.807, 2.05) is 62.5 Å². The summed E-state index contributed by atoms with van der Waals surface area (Å²) in [5.74, 6) is -0.801. The van der Waals surface area contributed by atoms with Gasteiger partial charge in [-0.2, -0.15) is 8.42 Å². The van der Waals surface area contributed by atoms with E-state index in [1.54, 1.807) is 24.3 Å². The number of amides is 2. The van der Waals surface area contributed by atoms with Gasteiger partial charge in [-0.05, 0) is 37.6 Å². The Morgan fingerprint density at radius 3 is 2.02 bits per heavy atom. The molecule has 200 valence electrons. The molecular formula is C31H25N3O5S. The Labute approximate surface area is 229 Å². The van der Waals surface area contributed by atoms with Crippen molar-refractivity contribution in [2.75, 3.05) is 6.61 Å². The predicted molar refractivity (Wildman–Crippen MR) is 154 cm³/mol. The van der Waals surface area contributed by atoms with Crippen LogP contribution in [-0.4, -0.2) is 36.0 Å². The molecule has 2 amide bonds. The van der Waals surface area contributed by atoms with Crippen molar-refractivity contribution in [3.05, 3.63) is 89.5 Å². The minimum Gasteiger partial charge on any atom is -0.342 e. The first-order valence-electron chi connectivity index (χ1n) is 13.0. The molecule has 8 nitrogen and oxygen atoms in total. The second-order valence-electron chi connectivity index (χ2n) is 10.2. The summed E-state index contributed by atoms with van der Waals surface area (Å²) in [6.07, 6.45) is 0.409. The molecule has 9 heteroatoms. The Kier molecular flexibility index (Phi) is 5.39. The maximum atomic E-state index is 13.2. The smallest absolute Gasteiger partial charge is 0.296 e. The molecule has 0 atom stereocenters. The Morgan fingerprint density at radius 2 is 1.35 bits per heavy atom. The van der Waals surface area contributed by atoms with Crippen LogP contribution in [0.3, 0.4) is 0 Å². The Balaban J connectivity index is 1.40. The van der Waals surface area contributed by atoms with Gasteiger partial charge in [0.1, 0.15) is 0 Å². The van der Waals surface area contributed by atoms with Crippen LogP contribution in [0.25, 0.3) is 43.6 Å². The molecule has 1 aliphatic heterocycles. The van der Waals surface area contributed by atoms with E-state index < -0.39 is 21.9 Å². The highest BCUT2D eigenvalue weighted by atomic mass is 32.2. The molecule has 0 saturated heterocycles. The summed E-state index contributed by atoms with van der Waals surface area (Å²) in [6.45, 7) is 2.33. The van der Waals surface area contributed by atoms with Crippen molar-refractivity contribution in [3.8, 4) is 0 Å². The van der Waals surface area contributed by atoms with Crippen molar-refractivity contribution in [1.29, 1.82) is 0 Å². The van der Waals surface area contributed by atoms with E-state index in [9.17, 15) is 18.0 Å². The molecule has 7 rings (SSSR count). The number of hydrogen-bond donors (Lipinski definition) is 1. The number of benzene rings is 4. The Bertz CT molecular complexity index is 2160. The van der Waals surface area contributed by atoms with E-state index in [0.717, 1.165) is 49.2 Å². The summed E-state index contributed by atoms with van der Waals surface area (Å²) < 4.78 is 35.0. The molecule has 40 heavy (non-hydrogen) atoms. The first-order valence-corrected chi connectivity index (χ1v) is 14.4. The standard InChI is InChI=1S/C31H25N3O5S/c1-18-12-14-19(15-13-18)40(37,38)39-17-7-16-34-23-11-6-4-9-21(23)25-27-26(30(35)32-31(27)36)24-20-8-3-5-10-22(20)33(2)28(24)29(25)34/h3-6,8-15H,7,16-17H2,1-2H3,(H,32,35,36). The molecule has 4 aromatic carbocycles. The SMILES string of the molecule is Cc1ccc(S(=O)(=O)OCCCn2c3ccccc3c3c4c(c5c6ccccc6n(C)c5c32)C(=O)NC4=O)cc1. The van der Waals surface area contributed by atoms with Crippen LogP contribution in [-0.2, 0) is 27.9 Å². The van der Waals surface area contributed by atoms with Gasteiger partial charge in [-0.25, -0.2) is 0 Å². The second-order valence-corrected chi connectivity index (χ2v) is 11.8. The van der Waals surface area contributed by atoms with Gasteiger partial charge in [0.25, 0.3) is 21.9 Å². The average Bonchev–Trinajstić information content (AvgIpc) is 3.54. The zero-order valence-corrected chi connectivity index (χ0v) is 22.7. The summed E-state index contributed by atoms with van der Waals surface area (Å²) in [7, 11) is -1.92. The minimum absolute atomic E-state index is 0.00756. The van der Waals surface area contributed by atoms with Gasteiger partial charge in [-0.3, -0.25) is 19.1 Å². The molecular weight excluding hydrogens is 526 g/mol. The summed E-state index contributed by atoms with van der Waals surface area (Å²) in [5, 5.41) is 5.74. The number of rotatable bonds is 6. The van der Waals surface area contributed by atoms with Gasteiger partial charge in [-0.15, -0.1) is 0 Å². The van der Waals surface area contributed by atoms with Gasteiger partial charge in [-0.1, -0.05) is 54.1 Å². The van der Waals surface area contributed by atoms with Crippen molar-refractivity contribution in [2.24, 2.45) is 7.05 Å². The van der Waals surface area contributed by atoms with E-state index in [4.69, 9.17) is 4.18 Å². The van der Waals surface area contributed by atoms with Crippen molar-refractivity contribution in [2.45, 2.75) is 24.8 Å². The van der Waals surface area contributed by atoms with Crippen LogP contribution in [0, 0.1) is 6.92 Å². The lowest BCUT2D eigenvalue weighted by Crippen LogP contribution is -2.20. The quantitative estimate of drug-likeness (QED) is 0.169. The molecule has 0 fully saturated rings. The molecule has 0 aliphatic carbocycles. The van der Waals surface area contributed by atoms with Crippen molar-refractivity contribution < 1.29 is 22.2 Å². The van der Waals surface area contributed by atoms with Crippen LogP contribution < -0.4 is 5.32 Å². The number of aromatic nitrogens is 2. The van der Waals surface area contributed by atoms with Crippen LogP contribution in [0.1, 0.15) is 32.7 Å². The van der Waals surface area contributed by atoms with Crippen LogP contribution in [0.15, 0.2) is 77.7 Å². The van der Waals surface area contributed by atoms with Gasteiger partial charge in [0.15, 0.2) is 0 Å². The Hall–Kier alpha value is -4.47. The van der Waals surface area contributed by atoms with Gasteiger partial charge in [0.05, 0.1) is 33.7 Å². The number of nitrogens with one attached hydrogen (secondary N) is 1. The summed E-state index contributed by atoms with van der Waals surface area (Å²) >= 11 is 0. The fourth-order valence-corrected chi connectivity index (χ4v) is 7.00. The molecule has 1 aliphatic rings. The maximum Gasteiger partial charge on any atom is 0.296 e. The van der Waals surface area contributed by atoms with E-state index in [1.165, 1.54) is 0 Å². The largest absolute Gasteiger partial charge is 0.342 e. The van der Waals surface area contributed by atoms with Crippen molar-refractivity contribution in [1.82, 2.24) is 14.5 Å². The molecule has 3 heterocycles. The third-order valence-electron chi connectivity index (χ3n) is 7.81. The molecule has 0 radical (unpaired) electrons. The summed E-state index contributed by atoms with van der Waals surface area (Å²) in [6, 6.07) is 22.2. The summed E-state index contributed by atoms with van der Waals surface area (Å²) in [4.78, 5) is 26.5. The number of fused-ring (bicyclic) bond motifs is 10. The van der Waals surface area contributed by atoms with Crippen LogP contribution in [0.2, 0.25) is 0 Å². The third kappa shape index (κ3) is 3.44. The number of para-hydroxylation sites is 2. The zero-order valence-electron chi connectivity index (χ0n) is 21.9. The molecule has 1 N–H and O–H groups in total. The molecule has 0 unspecified atom stereocenters. The predicted octanol–water partition coefficient (Wildman–Crippen LogP) is 5.43. The topological polar surface area (TPSA) is 99.4 Å². The van der Waals surface area contributed by atoms with Crippen LogP contribution in [0.4, 0.5) is 0 Å². The highest BCUT2D eigenvalue weighted by Crippen LogP contribution is 2.44. The zero-order chi connectivity index (χ0) is 27.8. The fourth-order valence-electron chi connectivity index (χ4n) is 6.06. The molecule has 6 aromatic rings. The molecule has 0 saturated carbocycles. The second kappa shape index (κ2) is 8.77. The van der Waals surface area contributed by atoms with Crippen LogP contribution in [0.5, 0.6) is 0 Å². The fraction of sp³-hybridized carbons (Fsp3) is 0.161. The lowest BCUT2D eigenvalue weighted by molar-refractivity contribution is 0.0880. The lowest BCUT2D eigenvalue weighted by Gasteiger charge is -2.11. The average molecular weight is 552 g/mol. The van der Waals surface area contributed by atoms with Gasteiger partial charge in [0.2, 0.25) is 0 Å². The van der Waals surface area contributed by atoms with E-state index in [-0.39, 0.29) is 11.5 Å².